The lowest BCUT2D eigenvalue weighted by molar-refractivity contribution is 1.17. The largest absolute Gasteiger partial charge is 0.309 e. The fraction of sp³-hybridized carbons (Fsp3) is 0. The highest BCUT2D eigenvalue weighted by atomic mass is 32.1. The summed E-state index contributed by atoms with van der Waals surface area (Å²) in [6, 6.07) is 71.3. The lowest BCUT2D eigenvalue weighted by Gasteiger charge is -2.12. The molecule has 0 aliphatic rings. The minimum Gasteiger partial charge on any atom is -0.309 e. The van der Waals surface area contributed by atoms with E-state index < -0.39 is 0 Å². The van der Waals surface area contributed by atoms with E-state index in [0.717, 1.165) is 5.69 Å². The Morgan fingerprint density at radius 2 is 0.891 bits per heavy atom. The van der Waals surface area contributed by atoms with Crippen LogP contribution in [-0.2, 0) is 0 Å². The van der Waals surface area contributed by atoms with Gasteiger partial charge in [0.1, 0.15) is 0 Å². The first-order chi connectivity index (χ1) is 27.3. The van der Waals surface area contributed by atoms with E-state index in [-0.39, 0.29) is 0 Å². The second-order valence-electron chi connectivity index (χ2n) is 14.5. The number of nitrogens with zero attached hydrogens (tertiary/aromatic N) is 2. The number of hydrogen-bond donors (Lipinski definition) is 0. The van der Waals surface area contributed by atoms with E-state index in [4.69, 9.17) is 0 Å². The molecule has 0 aliphatic carbocycles. The molecule has 3 heteroatoms. The molecule has 3 heterocycles. The van der Waals surface area contributed by atoms with Gasteiger partial charge >= 0.3 is 0 Å². The quantitative estimate of drug-likeness (QED) is 0.172. The summed E-state index contributed by atoms with van der Waals surface area (Å²) >= 11 is 1.91. The fourth-order valence-corrected chi connectivity index (χ4v) is 10.3. The van der Waals surface area contributed by atoms with Crippen LogP contribution in [0.1, 0.15) is 0 Å². The number of benzene rings is 9. The molecule has 0 N–H and O–H groups in total. The molecule has 0 unspecified atom stereocenters. The van der Waals surface area contributed by atoms with Gasteiger partial charge in [-0.3, -0.25) is 0 Å². The molecule has 0 amide bonds. The van der Waals surface area contributed by atoms with Gasteiger partial charge in [0.05, 0.1) is 26.8 Å². The minimum absolute atomic E-state index is 1.16. The molecular weight excluding hydrogens is 685 g/mol. The number of hydrogen-bond acceptors (Lipinski definition) is 1. The van der Waals surface area contributed by atoms with Crippen molar-refractivity contribution >= 4 is 85.9 Å². The third-order valence-electron chi connectivity index (χ3n) is 11.5. The lowest BCUT2D eigenvalue weighted by Crippen LogP contribution is -1.96. The Labute approximate surface area is 321 Å². The van der Waals surface area contributed by atoms with Crippen LogP contribution in [0, 0.1) is 0 Å². The van der Waals surface area contributed by atoms with Crippen molar-refractivity contribution in [3.63, 3.8) is 0 Å². The van der Waals surface area contributed by atoms with Crippen LogP contribution in [0.25, 0.3) is 108 Å². The number of aromatic nitrogens is 2. The van der Waals surface area contributed by atoms with E-state index in [2.05, 4.69) is 203 Å². The monoisotopic (exact) mass is 716 g/mol. The zero-order valence-corrected chi connectivity index (χ0v) is 30.6. The average Bonchev–Trinajstić information content (AvgIpc) is 3.92. The van der Waals surface area contributed by atoms with Crippen molar-refractivity contribution < 1.29 is 0 Å². The van der Waals surface area contributed by atoms with Gasteiger partial charge in [-0.15, -0.1) is 11.3 Å². The third-order valence-corrected chi connectivity index (χ3v) is 12.7. The molecule has 256 valence electrons. The summed E-state index contributed by atoms with van der Waals surface area (Å²) in [7, 11) is 0. The highest BCUT2D eigenvalue weighted by Crippen LogP contribution is 2.49. The van der Waals surface area contributed by atoms with Crippen molar-refractivity contribution in [2.24, 2.45) is 0 Å². The maximum absolute atomic E-state index is 2.55. The molecule has 3 aromatic heterocycles. The second-order valence-corrected chi connectivity index (χ2v) is 15.5. The van der Waals surface area contributed by atoms with Crippen molar-refractivity contribution in [3.05, 3.63) is 194 Å². The van der Waals surface area contributed by atoms with Crippen LogP contribution in [0.5, 0.6) is 0 Å². The maximum Gasteiger partial charge on any atom is 0.0726 e. The second kappa shape index (κ2) is 11.8. The molecule has 0 saturated carbocycles. The first kappa shape index (κ1) is 30.5. The van der Waals surface area contributed by atoms with Crippen LogP contribution in [0.3, 0.4) is 0 Å². The number of rotatable bonds is 4. The van der Waals surface area contributed by atoms with Gasteiger partial charge in [0.2, 0.25) is 0 Å². The molecule has 2 nitrogen and oxygen atoms in total. The Kier molecular flexibility index (Phi) is 6.54. The van der Waals surface area contributed by atoms with Crippen LogP contribution in [0.2, 0.25) is 0 Å². The normalized spacial score (nSPS) is 12.0. The van der Waals surface area contributed by atoms with Crippen molar-refractivity contribution in [1.29, 1.82) is 0 Å². The Morgan fingerprint density at radius 3 is 1.71 bits per heavy atom. The molecule has 0 spiro atoms. The van der Waals surface area contributed by atoms with Crippen LogP contribution in [-0.4, -0.2) is 9.13 Å². The van der Waals surface area contributed by atoms with Crippen molar-refractivity contribution in [1.82, 2.24) is 9.13 Å². The maximum atomic E-state index is 2.55. The van der Waals surface area contributed by atoms with Gasteiger partial charge in [-0.05, 0) is 93.7 Å². The molecule has 0 radical (unpaired) electrons. The Balaban J connectivity index is 1.20. The van der Waals surface area contributed by atoms with Crippen LogP contribution >= 0.6 is 11.3 Å². The first-order valence-electron chi connectivity index (χ1n) is 18.9. The van der Waals surface area contributed by atoms with E-state index in [1.807, 2.05) is 11.3 Å². The SMILES string of the molecule is c1ccc(-c2cccc(-c3ccc4c(c3)c3c5ccccc5c5c6ccccc6sc5c3n4-c3ccc4c(c3)c3ccccc3n4-c3ccccc3)c2)cc1. The Morgan fingerprint density at radius 1 is 0.309 bits per heavy atom. The van der Waals surface area contributed by atoms with Gasteiger partial charge < -0.3 is 9.13 Å². The highest BCUT2D eigenvalue weighted by Gasteiger charge is 2.23. The molecule has 9 aromatic carbocycles. The van der Waals surface area contributed by atoms with Gasteiger partial charge in [0.15, 0.2) is 0 Å². The Hall–Kier alpha value is -6.94. The van der Waals surface area contributed by atoms with Crippen LogP contribution in [0.15, 0.2) is 194 Å². The van der Waals surface area contributed by atoms with Crippen molar-refractivity contribution in [2.75, 3.05) is 0 Å². The molecule has 0 bridgehead atoms. The summed E-state index contributed by atoms with van der Waals surface area (Å²) in [6.45, 7) is 0. The van der Waals surface area contributed by atoms with Gasteiger partial charge in [-0.1, -0.05) is 133 Å². The van der Waals surface area contributed by atoms with Crippen molar-refractivity contribution in [3.8, 4) is 33.6 Å². The summed E-state index contributed by atoms with van der Waals surface area (Å²) in [6.07, 6.45) is 0. The topological polar surface area (TPSA) is 9.86 Å². The zero-order valence-electron chi connectivity index (χ0n) is 29.8. The van der Waals surface area contributed by atoms with Crippen LogP contribution < -0.4 is 0 Å². The highest BCUT2D eigenvalue weighted by molar-refractivity contribution is 7.27. The minimum atomic E-state index is 1.16. The van der Waals surface area contributed by atoms with Gasteiger partial charge in [0, 0.05) is 48.4 Å². The average molecular weight is 717 g/mol. The van der Waals surface area contributed by atoms with E-state index in [1.54, 1.807) is 0 Å². The molecule has 12 rings (SSSR count). The smallest absolute Gasteiger partial charge is 0.0726 e. The summed E-state index contributed by atoms with van der Waals surface area (Å²) in [5.74, 6) is 0. The number of para-hydroxylation sites is 2. The van der Waals surface area contributed by atoms with Gasteiger partial charge in [-0.2, -0.15) is 0 Å². The third kappa shape index (κ3) is 4.48. The van der Waals surface area contributed by atoms with Gasteiger partial charge in [0.25, 0.3) is 0 Å². The fourth-order valence-electron chi connectivity index (χ4n) is 9.09. The lowest BCUT2D eigenvalue weighted by atomic mass is 9.96. The number of thiophene rings is 1. The molecule has 0 atom stereocenters. The number of fused-ring (bicyclic) bond motifs is 13. The zero-order chi connectivity index (χ0) is 36.0. The summed E-state index contributed by atoms with van der Waals surface area (Å²) in [5.41, 5.74) is 12.1. The predicted molar refractivity (Wildman–Crippen MR) is 236 cm³/mol. The molecule has 0 saturated heterocycles. The van der Waals surface area contributed by atoms with Gasteiger partial charge in [-0.25, -0.2) is 0 Å². The van der Waals surface area contributed by atoms with E-state index in [1.165, 1.54) is 102 Å². The van der Waals surface area contributed by atoms with Crippen molar-refractivity contribution in [2.45, 2.75) is 0 Å². The molecule has 55 heavy (non-hydrogen) atoms. The standard InChI is InChI=1S/C52H32N2S/c1-3-14-33(15-4-1)34-16-13-17-35(30-34)36-26-28-47-44(31-36)49-40-21-7-8-22-41(40)50-42-23-10-12-25-48(42)55-52(50)51(49)54(47)38-27-29-46-43(32-38)39-20-9-11-24-45(39)53(46)37-18-5-2-6-19-37/h1-32H. The summed E-state index contributed by atoms with van der Waals surface area (Å²) in [4.78, 5) is 0. The molecule has 0 aliphatic heterocycles. The Bertz CT molecular complexity index is 3470. The van der Waals surface area contributed by atoms with Crippen LogP contribution in [0.4, 0.5) is 0 Å². The summed E-state index contributed by atoms with van der Waals surface area (Å²) in [5, 5.41) is 10.3. The predicted octanol–water partition coefficient (Wildman–Crippen LogP) is 14.7. The molecule has 12 aromatic rings. The van der Waals surface area contributed by atoms with E-state index in [9.17, 15) is 0 Å². The molecular formula is C52H32N2S. The first-order valence-corrected chi connectivity index (χ1v) is 19.7. The summed E-state index contributed by atoms with van der Waals surface area (Å²) < 4.78 is 7.58. The van der Waals surface area contributed by atoms with E-state index in [0.29, 0.717) is 0 Å². The molecule has 0 fully saturated rings. The van der Waals surface area contributed by atoms with E-state index >= 15 is 0 Å².